The van der Waals surface area contributed by atoms with Crippen molar-refractivity contribution >= 4 is 17.9 Å². The number of likely N-dealkylation sites (N-methyl/N-ethyl adjacent to an activating group) is 2. The van der Waals surface area contributed by atoms with Gasteiger partial charge in [0.25, 0.3) is 6.01 Å². The van der Waals surface area contributed by atoms with E-state index < -0.39 is 5.97 Å². The highest BCUT2D eigenvalue weighted by molar-refractivity contribution is 5.87. The predicted octanol–water partition coefficient (Wildman–Crippen LogP) is 0.376. The number of esters is 1. The summed E-state index contributed by atoms with van der Waals surface area (Å²) in [6, 6.07) is 0.202. The Morgan fingerprint density at radius 2 is 2.06 bits per heavy atom. The fraction of sp³-hybridized carbons (Fsp3) is 0.545. The molecule has 100 valence electrons. The summed E-state index contributed by atoms with van der Waals surface area (Å²) in [6.07, 6.45) is 1.21. The van der Waals surface area contributed by atoms with Crippen LogP contribution in [-0.4, -0.2) is 56.1 Å². The second-order valence-electron chi connectivity index (χ2n) is 3.88. The average Bonchev–Trinajstić information content (AvgIpc) is 2.78. The van der Waals surface area contributed by atoms with Crippen LogP contribution in [-0.2, 0) is 9.53 Å². The first-order valence-corrected chi connectivity index (χ1v) is 5.49. The summed E-state index contributed by atoms with van der Waals surface area (Å²) < 4.78 is 9.90. The Balaban J connectivity index is 2.67. The van der Waals surface area contributed by atoms with Crippen LogP contribution in [0.5, 0.6) is 0 Å². The van der Waals surface area contributed by atoms with E-state index in [0.717, 1.165) is 0 Å². The van der Waals surface area contributed by atoms with E-state index in [1.807, 2.05) is 0 Å². The molecule has 0 radical (unpaired) electrons. The van der Waals surface area contributed by atoms with Gasteiger partial charge >= 0.3 is 5.97 Å². The monoisotopic (exact) mass is 255 g/mol. The van der Waals surface area contributed by atoms with Gasteiger partial charge in [0.15, 0.2) is 5.69 Å². The molecule has 7 heteroatoms. The highest BCUT2D eigenvalue weighted by Crippen LogP contribution is 2.12. The molecule has 7 nitrogen and oxygen atoms in total. The summed E-state index contributed by atoms with van der Waals surface area (Å²) in [4.78, 5) is 29.8. The van der Waals surface area contributed by atoms with Gasteiger partial charge in [0.2, 0.25) is 5.91 Å². The Morgan fingerprint density at radius 1 is 1.39 bits per heavy atom. The topological polar surface area (TPSA) is 75.9 Å². The van der Waals surface area contributed by atoms with Crippen LogP contribution in [0.15, 0.2) is 10.7 Å². The molecule has 0 spiro atoms. The average molecular weight is 255 g/mol. The normalized spacial score (nSPS) is 10.0. The lowest BCUT2D eigenvalue weighted by Gasteiger charge is -2.16. The summed E-state index contributed by atoms with van der Waals surface area (Å²) in [5.41, 5.74) is 0.0935. The van der Waals surface area contributed by atoms with E-state index in [0.29, 0.717) is 0 Å². The molecule has 1 heterocycles. The van der Waals surface area contributed by atoms with Crippen molar-refractivity contribution in [2.24, 2.45) is 0 Å². The first kappa shape index (κ1) is 14.0. The van der Waals surface area contributed by atoms with Gasteiger partial charge in [0.05, 0.1) is 6.61 Å². The van der Waals surface area contributed by atoms with Gasteiger partial charge in [-0.05, 0) is 6.92 Å². The van der Waals surface area contributed by atoms with Crippen LogP contribution in [0.1, 0.15) is 17.4 Å². The number of oxazole rings is 1. The quantitative estimate of drug-likeness (QED) is 0.708. The summed E-state index contributed by atoms with van der Waals surface area (Å²) >= 11 is 0. The van der Waals surface area contributed by atoms with Crippen LogP contribution in [0.4, 0.5) is 6.01 Å². The first-order valence-electron chi connectivity index (χ1n) is 5.49. The van der Waals surface area contributed by atoms with Gasteiger partial charge in [-0.1, -0.05) is 0 Å². The molecule has 0 fully saturated rings. The summed E-state index contributed by atoms with van der Waals surface area (Å²) in [7, 11) is 4.98. The molecule has 0 aliphatic heterocycles. The van der Waals surface area contributed by atoms with Crippen molar-refractivity contribution in [3.63, 3.8) is 0 Å². The van der Waals surface area contributed by atoms with E-state index in [1.54, 1.807) is 28.1 Å². The smallest absolute Gasteiger partial charge is 0.360 e. The fourth-order valence-electron chi connectivity index (χ4n) is 1.15. The molecule has 1 aromatic rings. The molecule has 0 saturated carbocycles. The summed E-state index contributed by atoms with van der Waals surface area (Å²) in [5.74, 6) is -0.631. The molecule has 1 aromatic heterocycles. The molecule has 1 amide bonds. The minimum absolute atomic E-state index is 0.0895. The van der Waals surface area contributed by atoms with E-state index in [2.05, 4.69) is 4.98 Å². The lowest BCUT2D eigenvalue weighted by Crippen LogP contribution is -2.34. The van der Waals surface area contributed by atoms with Crippen LogP contribution in [0.3, 0.4) is 0 Å². The van der Waals surface area contributed by atoms with Crippen molar-refractivity contribution in [3.05, 3.63) is 12.0 Å². The Labute approximate surface area is 105 Å². The van der Waals surface area contributed by atoms with Crippen LogP contribution in [0.25, 0.3) is 0 Å². The fourth-order valence-corrected chi connectivity index (χ4v) is 1.15. The van der Waals surface area contributed by atoms with E-state index >= 15 is 0 Å². The van der Waals surface area contributed by atoms with Gasteiger partial charge in [-0.25, -0.2) is 4.79 Å². The SMILES string of the molecule is CCOC(=O)c1coc(N(C)CC(=O)N(C)C)n1. The maximum atomic E-state index is 11.5. The van der Waals surface area contributed by atoms with Crippen LogP contribution in [0, 0.1) is 0 Å². The third-order valence-electron chi connectivity index (χ3n) is 2.17. The van der Waals surface area contributed by atoms with Gasteiger partial charge in [0.1, 0.15) is 12.8 Å². The number of hydrogen-bond acceptors (Lipinski definition) is 6. The standard InChI is InChI=1S/C11H17N3O4/c1-5-17-10(16)8-7-18-11(12-8)14(4)6-9(15)13(2)3/h7H,5-6H2,1-4H3. The van der Waals surface area contributed by atoms with E-state index in [4.69, 9.17) is 9.15 Å². The first-order chi connectivity index (χ1) is 8.45. The Hall–Kier alpha value is -2.05. The van der Waals surface area contributed by atoms with Crippen molar-refractivity contribution < 1.29 is 18.7 Å². The second-order valence-corrected chi connectivity index (χ2v) is 3.88. The zero-order valence-electron chi connectivity index (χ0n) is 11.0. The molecule has 0 atom stereocenters. The lowest BCUT2D eigenvalue weighted by atomic mass is 10.5. The molecular formula is C11H17N3O4. The van der Waals surface area contributed by atoms with Crippen LogP contribution < -0.4 is 4.90 Å². The maximum Gasteiger partial charge on any atom is 0.360 e. The van der Waals surface area contributed by atoms with Gasteiger partial charge in [-0.15, -0.1) is 0 Å². The Morgan fingerprint density at radius 3 is 2.61 bits per heavy atom. The number of carbonyl (C=O) groups excluding carboxylic acids is 2. The number of rotatable bonds is 5. The zero-order chi connectivity index (χ0) is 13.7. The number of ether oxygens (including phenoxy) is 1. The minimum Gasteiger partial charge on any atom is -0.461 e. The third kappa shape index (κ3) is 3.47. The van der Waals surface area contributed by atoms with Gasteiger partial charge < -0.3 is 19.0 Å². The van der Waals surface area contributed by atoms with Crippen LogP contribution in [0.2, 0.25) is 0 Å². The molecular weight excluding hydrogens is 238 g/mol. The molecule has 0 aliphatic rings. The number of nitrogens with zero attached hydrogens (tertiary/aromatic N) is 3. The van der Waals surface area contributed by atoms with Crippen molar-refractivity contribution in [3.8, 4) is 0 Å². The third-order valence-corrected chi connectivity index (χ3v) is 2.17. The number of aromatic nitrogens is 1. The lowest BCUT2D eigenvalue weighted by molar-refractivity contribution is -0.127. The minimum atomic E-state index is -0.542. The molecule has 0 aliphatic carbocycles. The van der Waals surface area contributed by atoms with Gasteiger partial charge in [0, 0.05) is 21.1 Å². The predicted molar refractivity (Wildman–Crippen MR) is 64.4 cm³/mol. The van der Waals surface area contributed by atoms with Crippen molar-refractivity contribution in [1.82, 2.24) is 9.88 Å². The van der Waals surface area contributed by atoms with E-state index in [-0.39, 0.29) is 30.8 Å². The summed E-state index contributed by atoms with van der Waals surface area (Å²) in [6.45, 7) is 2.10. The van der Waals surface area contributed by atoms with Gasteiger partial charge in [-0.2, -0.15) is 4.98 Å². The molecule has 0 unspecified atom stereocenters. The number of carbonyl (C=O) groups is 2. The highest BCUT2D eigenvalue weighted by atomic mass is 16.5. The van der Waals surface area contributed by atoms with Crippen molar-refractivity contribution in [1.29, 1.82) is 0 Å². The Kier molecular flexibility index (Phi) is 4.70. The second kappa shape index (κ2) is 6.04. The largest absolute Gasteiger partial charge is 0.461 e. The number of hydrogen-bond donors (Lipinski definition) is 0. The number of anilines is 1. The van der Waals surface area contributed by atoms with E-state index in [9.17, 15) is 9.59 Å². The molecule has 0 bridgehead atoms. The van der Waals surface area contributed by atoms with Crippen molar-refractivity contribution in [2.75, 3.05) is 39.2 Å². The van der Waals surface area contributed by atoms with Crippen LogP contribution >= 0.6 is 0 Å². The number of amides is 1. The van der Waals surface area contributed by atoms with Gasteiger partial charge in [-0.3, -0.25) is 4.79 Å². The summed E-state index contributed by atoms with van der Waals surface area (Å²) in [5, 5.41) is 0. The van der Waals surface area contributed by atoms with Crippen molar-refractivity contribution in [2.45, 2.75) is 6.92 Å². The zero-order valence-corrected chi connectivity index (χ0v) is 11.0. The maximum absolute atomic E-state index is 11.5. The van der Waals surface area contributed by atoms with E-state index in [1.165, 1.54) is 16.1 Å². The molecule has 18 heavy (non-hydrogen) atoms. The molecule has 0 aromatic carbocycles. The Bertz CT molecular complexity index is 428. The molecule has 0 saturated heterocycles. The highest BCUT2D eigenvalue weighted by Gasteiger charge is 2.17. The molecule has 1 rings (SSSR count). The molecule has 0 N–H and O–H groups in total.